The lowest BCUT2D eigenvalue weighted by molar-refractivity contribution is 0.0994. The second-order valence-corrected chi connectivity index (χ2v) is 3.28. The monoisotopic (exact) mass is 233 g/mol. The zero-order valence-electron chi connectivity index (χ0n) is 8.92. The number of H-pyrrole nitrogens is 1. The number of primary amides is 1. The van der Waals surface area contributed by atoms with Crippen LogP contribution in [0.15, 0.2) is 18.5 Å². The van der Waals surface area contributed by atoms with Crippen LogP contribution in [0.4, 0.5) is 5.82 Å². The summed E-state index contributed by atoms with van der Waals surface area (Å²) in [4.78, 5) is 14.7. The van der Waals surface area contributed by atoms with Gasteiger partial charge in [0, 0.05) is 13.0 Å². The number of anilines is 1. The third-order valence-corrected chi connectivity index (χ3v) is 2.05. The summed E-state index contributed by atoms with van der Waals surface area (Å²) in [5.41, 5.74) is 5.19. The van der Waals surface area contributed by atoms with Crippen molar-refractivity contribution in [3.05, 3.63) is 30.0 Å². The first-order valence-electron chi connectivity index (χ1n) is 4.97. The van der Waals surface area contributed by atoms with Crippen LogP contribution >= 0.6 is 0 Å². The van der Waals surface area contributed by atoms with E-state index in [4.69, 9.17) is 5.73 Å². The predicted octanol–water partition coefficient (Wildman–Crippen LogP) is -0.652. The normalized spacial score (nSPS) is 10.1. The summed E-state index contributed by atoms with van der Waals surface area (Å²) >= 11 is 0. The summed E-state index contributed by atoms with van der Waals surface area (Å²) in [7, 11) is 0. The number of nitrogens with two attached hydrogens (primary N) is 1. The topological polar surface area (TPSA) is 122 Å². The fourth-order valence-corrected chi connectivity index (χ4v) is 1.22. The Morgan fingerprint density at radius 1 is 1.41 bits per heavy atom. The Kier molecular flexibility index (Phi) is 3.24. The molecule has 0 fully saturated rings. The minimum absolute atomic E-state index is 0.144. The van der Waals surface area contributed by atoms with Crippen molar-refractivity contribution in [1.29, 1.82) is 0 Å². The van der Waals surface area contributed by atoms with Crippen LogP contribution in [-0.4, -0.2) is 37.8 Å². The minimum Gasteiger partial charge on any atom is -0.368 e. The van der Waals surface area contributed by atoms with Crippen LogP contribution in [0.1, 0.15) is 16.3 Å². The third kappa shape index (κ3) is 2.97. The van der Waals surface area contributed by atoms with Gasteiger partial charge in [-0.3, -0.25) is 9.89 Å². The lowest BCUT2D eigenvalue weighted by Gasteiger charge is -2.03. The average molecular weight is 233 g/mol. The Hall–Kier alpha value is -2.51. The van der Waals surface area contributed by atoms with Crippen molar-refractivity contribution in [2.75, 3.05) is 11.9 Å². The molecule has 2 heterocycles. The number of aromatic nitrogens is 5. The van der Waals surface area contributed by atoms with Crippen LogP contribution in [0.3, 0.4) is 0 Å². The van der Waals surface area contributed by atoms with Gasteiger partial charge in [0.1, 0.15) is 18.0 Å². The molecule has 2 rings (SSSR count). The van der Waals surface area contributed by atoms with E-state index in [1.807, 2.05) is 0 Å². The van der Waals surface area contributed by atoms with E-state index in [0.717, 1.165) is 5.82 Å². The maximum atomic E-state index is 10.8. The van der Waals surface area contributed by atoms with E-state index in [9.17, 15) is 4.79 Å². The van der Waals surface area contributed by atoms with E-state index in [-0.39, 0.29) is 5.69 Å². The molecule has 0 aromatic carbocycles. The average Bonchev–Trinajstić information content (AvgIpc) is 2.83. The number of hydrogen-bond donors (Lipinski definition) is 3. The number of nitrogens with one attached hydrogen (secondary N) is 2. The summed E-state index contributed by atoms with van der Waals surface area (Å²) in [6, 6.07) is 3.17. The Balaban J connectivity index is 1.85. The molecule has 4 N–H and O–H groups in total. The van der Waals surface area contributed by atoms with Gasteiger partial charge in [-0.05, 0) is 12.1 Å². The first kappa shape index (κ1) is 11.0. The lowest BCUT2D eigenvalue weighted by Crippen LogP contribution is -2.14. The first-order valence-corrected chi connectivity index (χ1v) is 4.97. The second kappa shape index (κ2) is 5.01. The summed E-state index contributed by atoms with van der Waals surface area (Å²) < 4.78 is 0. The van der Waals surface area contributed by atoms with Crippen LogP contribution in [0, 0.1) is 0 Å². The van der Waals surface area contributed by atoms with E-state index < -0.39 is 5.91 Å². The van der Waals surface area contributed by atoms with Crippen molar-refractivity contribution >= 4 is 11.7 Å². The van der Waals surface area contributed by atoms with Gasteiger partial charge >= 0.3 is 0 Å². The molecule has 0 saturated heterocycles. The molecule has 2 aromatic heterocycles. The maximum absolute atomic E-state index is 10.8. The summed E-state index contributed by atoms with van der Waals surface area (Å²) in [6.45, 7) is 0.639. The van der Waals surface area contributed by atoms with Gasteiger partial charge in [0.2, 0.25) is 0 Å². The van der Waals surface area contributed by atoms with Crippen molar-refractivity contribution in [3.8, 4) is 0 Å². The van der Waals surface area contributed by atoms with Crippen LogP contribution in [0.5, 0.6) is 0 Å². The molecule has 0 aliphatic carbocycles. The molecule has 88 valence electrons. The van der Waals surface area contributed by atoms with Crippen molar-refractivity contribution in [2.45, 2.75) is 6.42 Å². The number of amides is 1. The van der Waals surface area contributed by atoms with Gasteiger partial charge in [-0.15, -0.1) is 10.2 Å². The predicted molar refractivity (Wildman–Crippen MR) is 59.1 cm³/mol. The smallest absolute Gasteiger partial charge is 0.269 e. The van der Waals surface area contributed by atoms with Crippen molar-refractivity contribution in [2.24, 2.45) is 5.73 Å². The molecule has 0 unspecified atom stereocenters. The number of aromatic amines is 1. The molecule has 0 atom stereocenters. The SMILES string of the molecule is NC(=O)c1ccc(NCCc2ncn[nH]2)nn1. The zero-order valence-corrected chi connectivity index (χ0v) is 8.92. The Morgan fingerprint density at radius 2 is 2.29 bits per heavy atom. The Morgan fingerprint density at radius 3 is 2.88 bits per heavy atom. The molecule has 0 bridgehead atoms. The summed E-state index contributed by atoms with van der Waals surface area (Å²) in [5.74, 6) is 0.777. The van der Waals surface area contributed by atoms with E-state index >= 15 is 0 Å². The van der Waals surface area contributed by atoms with Gasteiger partial charge < -0.3 is 11.1 Å². The highest BCUT2D eigenvalue weighted by atomic mass is 16.1. The molecule has 8 nitrogen and oxygen atoms in total. The molecule has 0 aliphatic heterocycles. The molecule has 1 amide bonds. The quantitative estimate of drug-likeness (QED) is 0.630. The highest BCUT2D eigenvalue weighted by Crippen LogP contribution is 2.01. The second-order valence-electron chi connectivity index (χ2n) is 3.28. The maximum Gasteiger partial charge on any atom is 0.269 e. The third-order valence-electron chi connectivity index (χ3n) is 2.05. The minimum atomic E-state index is -0.592. The number of carbonyl (C=O) groups is 1. The van der Waals surface area contributed by atoms with Crippen LogP contribution in [-0.2, 0) is 6.42 Å². The number of carbonyl (C=O) groups excluding carboxylic acids is 1. The fourth-order valence-electron chi connectivity index (χ4n) is 1.22. The van der Waals surface area contributed by atoms with Gasteiger partial charge in [0.05, 0.1) is 0 Å². The molecule has 0 spiro atoms. The van der Waals surface area contributed by atoms with Crippen molar-refractivity contribution in [1.82, 2.24) is 25.4 Å². The molecule has 0 radical (unpaired) electrons. The number of rotatable bonds is 5. The van der Waals surface area contributed by atoms with E-state index in [0.29, 0.717) is 18.8 Å². The number of nitrogens with zero attached hydrogens (tertiary/aromatic N) is 4. The van der Waals surface area contributed by atoms with Gasteiger partial charge in [0.15, 0.2) is 5.69 Å². The van der Waals surface area contributed by atoms with Crippen LogP contribution in [0.25, 0.3) is 0 Å². The summed E-state index contributed by atoms with van der Waals surface area (Å²) in [6.07, 6.45) is 2.15. The fraction of sp³-hybridized carbons (Fsp3) is 0.222. The van der Waals surface area contributed by atoms with E-state index in [2.05, 4.69) is 30.7 Å². The molecule has 8 heteroatoms. The van der Waals surface area contributed by atoms with E-state index in [1.54, 1.807) is 6.07 Å². The highest BCUT2D eigenvalue weighted by Gasteiger charge is 2.02. The lowest BCUT2D eigenvalue weighted by atomic mass is 10.3. The molecule has 0 saturated carbocycles. The van der Waals surface area contributed by atoms with Gasteiger partial charge in [-0.1, -0.05) is 0 Å². The van der Waals surface area contributed by atoms with Crippen LogP contribution < -0.4 is 11.1 Å². The molecule has 0 aliphatic rings. The first-order chi connectivity index (χ1) is 8.25. The standard InChI is InChI=1S/C9H11N7O/c10-9(17)6-1-2-7(16-14-6)11-4-3-8-12-5-13-15-8/h1-2,5H,3-4H2,(H2,10,17)(H,11,16)(H,12,13,15). The molecule has 17 heavy (non-hydrogen) atoms. The van der Waals surface area contributed by atoms with E-state index in [1.165, 1.54) is 12.4 Å². The van der Waals surface area contributed by atoms with Crippen molar-refractivity contribution < 1.29 is 4.79 Å². The van der Waals surface area contributed by atoms with Crippen molar-refractivity contribution in [3.63, 3.8) is 0 Å². The van der Waals surface area contributed by atoms with Crippen LogP contribution in [0.2, 0.25) is 0 Å². The molecule has 2 aromatic rings. The molecular weight excluding hydrogens is 222 g/mol. The molecular formula is C9H11N7O. The van der Waals surface area contributed by atoms with Gasteiger partial charge in [-0.25, -0.2) is 4.98 Å². The Bertz CT molecular complexity index is 479. The Labute approximate surface area is 96.7 Å². The zero-order chi connectivity index (χ0) is 12.1. The van der Waals surface area contributed by atoms with Gasteiger partial charge in [0.25, 0.3) is 5.91 Å². The highest BCUT2D eigenvalue weighted by molar-refractivity contribution is 5.90. The summed E-state index contributed by atoms with van der Waals surface area (Å²) in [5, 5.41) is 17.0. The largest absolute Gasteiger partial charge is 0.368 e. The van der Waals surface area contributed by atoms with Gasteiger partial charge in [-0.2, -0.15) is 5.10 Å². The number of hydrogen-bond acceptors (Lipinski definition) is 6.